The molecule has 1 aromatic heterocycles. The first-order valence-corrected chi connectivity index (χ1v) is 7.10. The Kier molecular flexibility index (Phi) is 4.66. The fourth-order valence-corrected chi connectivity index (χ4v) is 2.88. The minimum absolute atomic E-state index is 0.0532. The third-order valence-corrected chi connectivity index (χ3v) is 3.87. The van der Waals surface area contributed by atoms with Gasteiger partial charge in [0, 0.05) is 25.3 Å². The molecule has 0 aromatic carbocycles. The van der Waals surface area contributed by atoms with E-state index in [2.05, 4.69) is 9.55 Å². The Hall–Kier alpha value is -1.01. The molecule has 0 saturated carbocycles. The SMILES string of the molecule is Cc1cn(CC2CCCOC2)c(SCC(=O)O)n1. The summed E-state index contributed by atoms with van der Waals surface area (Å²) in [5.41, 5.74) is 0.930. The number of carboxylic acids is 1. The number of aliphatic carboxylic acids is 1. The Bertz CT molecular complexity index is 413. The second-order valence-electron chi connectivity index (χ2n) is 4.58. The number of ether oxygens (including phenoxy) is 1. The van der Waals surface area contributed by atoms with Crippen molar-refractivity contribution in [3.05, 3.63) is 11.9 Å². The Morgan fingerprint density at radius 2 is 2.56 bits per heavy atom. The molecule has 0 radical (unpaired) electrons. The van der Waals surface area contributed by atoms with E-state index in [4.69, 9.17) is 9.84 Å². The van der Waals surface area contributed by atoms with E-state index in [1.807, 2.05) is 13.1 Å². The maximum absolute atomic E-state index is 10.6. The summed E-state index contributed by atoms with van der Waals surface area (Å²) < 4.78 is 7.52. The zero-order valence-electron chi connectivity index (χ0n) is 10.5. The standard InChI is InChI=1S/C12H18N2O3S/c1-9-5-14(6-10-3-2-4-17-7-10)12(13-9)18-8-11(15)16/h5,10H,2-4,6-8H2,1H3,(H,15,16). The first kappa shape index (κ1) is 13.4. The fourth-order valence-electron chi connectivity index (χ4n) is 2.13. The van der Waals surface area contributed by atoms with Crippen LogP contribution in [0.2, 0.25) is 0 Å². The molecule has 5 nitrogen and oxygen atoms in total. The number of carboxylic acid groups (broad SMARTS) is 1. The van der Waals surface area contributed by atoms with E-state index in [1.54, 1.807) is 0 Å². The molecule has 2 heterocycles. The van der Waals surface area contributed by atoms with Crippen molar-refractivity contribution in [3.8, 4) is 0 Å². The normalized spacial score (nSPS) is 19.9. The molecule has 1 unspecified atom stereocenters. The molecule has 0 spiro atoms. The number of hydrogen-bond acceptors (Lipinski definition) is 4. The molecule has 2 rings (SSSR count). The molecule has 6 heteroatoms. The van der Waals surface area contributed by atoms with Gasteiger partial charge in [-0.1, -0.05) is 11.8 Å². The number of carbonyl (C=O) groups is 1. The Balaban J connectivity index is 1.99. The van der Waals surface area contributed by atoms with Gasteiger partial charge in [-0.15, -0.1) is 0 Å². The van der Waals surface area contributed by atoms with E-state index in [9.17, 15) is 4.79 Å². The molecule has 1 fully saturated rings. The third kappa shape index (κ3) is 3.74. The zero-order chi connectivity index (χ0) is 13.0. The molecular formula is C12H18N2O3S. The number of aryl methyl sites for hydroxylation is 1. The largest absolute Gasteiger partial charge is 0.481 e. The van der Waals surface area contributed by atoms with Crippen LogP contribution in [0.3, 0.4) is 0 Å². The minimum Gasteiger partial charge on any atom is -0.481 e. The summed E-state index contributed by atoms with van der Waals surface area (Å²) in [4.78, 5) is 15.0. The van der Waals surface area contributed by atoms with E-state index in [1.165, 1.54) is 18.2 Å². The van der Waals surface area contributed by atoms with Gasteiger partial charge in [-0.05, 0) is 19.8 Å². The van der Waals surface area contributed by atoms with E-state index >= 15 is 0 Å². The minimum atomic E-state index is -0.812. The molecule has 1 aliphatic rings. The average Bonchev–Trinajstić information content (AvgIpc) is 2.68. The number of hydrogen-bond donors (Lipinski definition) is 1. The summed E-state index contributed by atoms with van der Waals surface area (Å²) in [7, 11) is 0. The van der Waals surface area contributed by atoms with Gasteiger partial charge in [-0.2, -0.15) is 0 Å². The molecule has 100 valence electrons. The first-order valence-electron chi connectivity index (χ1n) is 6.11. The summed E-state index contributed by atoms with van der Waals surface area (Å²) in [6.45, 7) is 4.45. The van der Waals surface area contributed by atoms with Gasteiger partial charge in [0.25, 0.3) is 0 Å². The second-order valence-corrected chi connectivity index (χ2v) is 5.53. The number of rotatable bonds is 5. The van der Waals surface area contributed by atoms with Crippen molar-refractivity contribution in [2.24, 2.45) is 5.92 Å². The van der Waals surface area contributed by atoms with Crippen molar-refractivity contribution >= 4 is 17.7 Å². The van der Waals surface area contributed by atoms with Crippen LogP contribution in [0.4, 0.5) is 0 Å². The summed E-state index contributed by atoms with van der Waals surface area (Å²) in [5.74, 6) is -0.248. The molecule has 0 aliphatic carbocycles. The van der Waals surface area contributed by atoms with Crippen LogP contribution in [0.1, 0.15) is 18.5 Å². The number of imidazole rings is 1. The summed E-state index contributed by atoms with van der Waals surface area (Å²) in [6.07, 6.45) is 4.26. The Morgan fingerprint density at radius 1 is 1.72 bits per heavy atom. The van der Waals surface area contributed by atoms with Crippen LogP contribution < -0.4 is 0 Å². The van der Waals surface area contributed by atoms with E-state index in [-0.39, 0.29) is 5.75 Å². The number of nitrogens with zero attached hydrogens (tertiary/aromatic N) is 2. The van der Waals surface area contributed by atoms with Crippen molar-refractivity contribution in [2.45, 2.75) is 31.5 Å². The number of thioether (sulfide) groups is 1. The summed E-state index contributed by atoms with van der Waals surface area (Å²) in [6, 6.07) is 0. The van der Waals surface area contributed by atoms with Crippen LogP contribution in [0.5, 0.6) is 0 Å². The van der Waals surface area contributed by atoms with Gasteiger partial charge in [-0.3, -0.25) is 4.79 Å². The quantitative estimate of drug-likeness (QED) is 0.826. The monoisotopic (exact) mass is 270 g/mol. The Labute approximate surface area is 111 Å². The van der Waals surface area contributed by atoms with Crippen LogP contribution in [0.15, 0.2) is 11.4 Å². The lowest BCUT2D eigenvalue weighted by Crippen LogP contribution is -2.22. The van der Waals surface area contributed by atoms with Crippen LogP contribution in [-0.4, -0.2) is 39.6 Å². The smallest absolute Gasteiger partial charge is 0.313 e. The predicted octanol–water partition coefficient (Wildman–Crippen LogP) is 1.79. The van der Waals surface area contributed by atoms with Crippen LogP contribution in [0.25, 0.3) is 0 Å². The molecule has 0 amide bonds. The van der Waals surface area contributed by atoms with Gasteiger partial charge in [0.15, 0.2) is 5.16 Å². The van der Waals surface area contributed by atoms with Gasteiger partial charge in [0.2, 0.25) is 0 Å². The predicted molar refractivity (Wildman–Crippen MR) is 68.9 cm³/mol. The van der Waals surface area contributed by atoms with Crippen molar-refractivity contribution in [2.75, 3.05) is 19.0 Å². The Morgan fingerprint density at radius 3 is 3.22 bits per heavy atom. The highest BCUT2D eigenvalue weighted by atomic mass is 32.2. The fraction of sp³-hybridized carbons (Fsp3) is 0.667. The molecule has 1 saturated heterocycles. The van der Waals surface area contributed by atoms with Crippen LogP contribution in [-0.2, 0) is 16.1 Å². The van der Waals surface area contributed by atoms with Crippen molar-refractivity contribution in [3.63, 3.8) is 0 Å². The van der Waals surface area contributed by atoms with Gasteiger partial charge in [0.05, 0.1) is 18.1 Å². The van der Waals surface area contributed by atoms with E-state index in [0.29, 0.717) is 5.92 Å². The third-order valence-electron chi connectivity index (χ3n) is 2.89. The highest BCUT2D eigenvalue weighted by molar-refractivity contribution is 7.99. The molecule has 18 heavy (non-hydrogen) atoms. The van der Waals surface area contributed by atoms with Gasteiger partial charge in [0.1, 0.15) is 0 Å². The maximum atomic E-state index is 10.6. The van der Waals surface area contributed by atoms with Gasteiger partial charge < -0.3 is 14.4 Å². The van der Waals surface area contributed by atoms with Crippen LogP contribution >= 0.6 is 11.8 Å². The average molecular weight is 270 g/mol. The molecule has 1 aliphatic heterocycles. The highest BCUT2D eigenvalue weighted by Crippen LogP contribution is 2.22. The lowest BCUT2D eigenvalue weighted by Gasteiger charge is -2.22. The maximum Gasteiger partial charge on any atom is 0.313 e. The van der Waals surface area contributed by atoms with Crippen molar-refractivity contribution < 1.29 is 14.6 Å². The molecule has 1 aromatic rings. The lowest BCUT2D eigenvalue weighted by molar-refractivity contribution is -0.133. The topological polar surface area (TPSA) is 64.3 Å². The molecule has 0 bridgehead atoms. The highest BCUT2D eigenvalue weighted by Gasteiger charge is 2.17. The van der Waals surface area contributed by atoms with E-state index in [0.717, 1.165) is 37.0 Å². The van der Waals surface area contributed by atoms with Gasteiger partial charge in [-0.25, -0.2) is 4.98 Å². The summed E-state index contributed by atoms with van der Waals surface area (Å²) >= 11 is 1.28. The van der Waals surface area contributed by atoms with Crippen molar-refractivity contribution in [1.29, 1.82) is 0 Å². The molecular weight excluding hydrogens is 252 g/mol. The second kappa shape index (κ2) is 6.24. The summed E-state index contributed by atoms with van der Waals surface area (Å²) in [5, 5.41) is 9.51. The zero-order valence-corrected chi connectivity index (χ0v) is 11.3. The van der Waals surface area contributed by atoms with E-state index < -0.39 is 5.97 Å². The first-order chi connectivity index (χ1) is 8.65. The van der Waals surface area contributed by atoms with Crippen LogP contribution in [0, 0.1) is 12.8 Å². The lowest BCUT2D eigenvalue weighted by atomic mass is 10.0. The number of aromatic nitrogens is 2. The van der Waals surface area contributed by atoms with Crippen molar-refractivity contribution in [1.82, 2.24) is 9.55 Å². The van der Waals surface area contributed by atoms with Gasteiger partial charge >= 0.3 is 5.97 Å². The molecule has 1 N–H and O–H groups in total. The molecule has 1 atom stereocenters.